The minimum Gasteiger partial charge on any atom is -0.238 e. The number of nitrogens with zero attached hydrogens (tertiary/aromatic N) is 1. The largest absolute Gasteiger partial charge is 0.238 e. The molecular weight excluding hydrogens is 237 g/mol. The Kier molecular flexibility index (Phi) is 2.28. The Labute approximate surface area is 74.0 Å². The van der Waals surface area contributed by atoms with Gasteiger partial charge in [0.15, 0.2) is 5.69 Å². The van der Waals surface area contributed by atoms with E-state index in [9.17, 15) is 0 Å². The van der Waals surface area contributed by atoms with E-state index >= 15 is 0 Å². The van der Waals surface area contributed by atoms with Crippen molar-refractivity contribution in [1.82, 2.24) is 0 Å². The summed E-state index contributed by atoms with van der Waals surface area (Å²) in [5, 5.41) is 0. The minimum absolute atomic E-state index is 0.720. The molecule has 1 rings (SSSR count). The summed E-state index contributed by atoms with van der Waals surface area (Å²) in [4.78, 5) is 3.32. The first-order valence-electron chi connectivity index (χ1n) is 2.87. The van der Waals surface area contributed by atoms with Crippen molar-refractivity contribution in [3.8, 4) is 0 Å². The highest BCUT2D eigenvalue weighted by molar-refractivity contribution is 14.1. The van der Waals surface area contributed by atoms with Gasteiger partial charge in [-0.15, -0.1) is 0 Å². The molecule has 50 valence electrons. The monoisotopic (exact) mass is 243 g/mol. The number of benzene rings is 1. The first-order valence-corrected chi connectivity index (χ1v) is 3.95. The van der Waals surface area contributed by atoms with E-state index in [4.69, 9.17) is 6.57 Å². The van der Waals surface area contributed by atoms with Gasteiger partial charge in [-0.05, 0) is 35.1 Å². The van der Waals surface area contributed by atoms with Gasteiger partial charge in [-0.3, -0.25) is 0 Å². The van der Waals surface area contributed by atoms with Gasteiger partial charge in [0.1, 0.15) is 0 Å². The van der Waals surface area contributed by atoms with Crippen LogP contribution in [0.25, 0.3) is 4.85 Å². The van der Waals surface area contributed by atoms with E-state index in [0.717, 1.165) is 5.69 Å². The van der Waals surface area contributed by atoms with Gasteiger partial charge in [-0.1, -0.05) is 18.2 Å². The molecule has 2 heteroatoms. The van der Waals surface area contributed by atoms with E-state index in [1.54, 1.807) is 0 Å². The quantitative estimate of drug-likeness (QED) is 0.487. The summed E-state index contributed by atoms with van der Waals surface area (Å²) in [6, 6.07) is 5.69. The molecule has 0 N–H and O–H groups in total. The van der Waals surface area contributed by atoms with Gasteiger partial charge >= 0.3 is 0 Å². The fourth-order valence-corrected chi connectivity index (χ4v) is 1.03. The van der Waals surface area contributed by atoms with Crippen molar-refractivity contribution >= 4 is 28.3 Å². The first kappa shape index (κ1) is 7.55. The molecule has 0 saturated carbocycles. The van der Waals surface area contributed by atoms with E-state index in [0.29, 0.717) is 0 Å². The zero-order valence-corrected chi connectivity index (χ0v) is 7.71. The number of hydrogen-bond acceptors (Lipinski definition) is 0. The summed E-state index contributed by atoms with van der Waals surface area (Å²) in [6.07, 6.45) is 0. The van der Waals surface area contributed by atoms with Crippen LogP contribution in [0.4, 0.5) is 5.69 Å². The Morgan fingerprint density at radius 3 is 2.70 bits per heavy atom. The summed E-state index contributed by atoms with van der Waals surface area (Å²) in [5.41, 5.74) is 1.90. The zero-order valence-electron chi connectivity index (χ0n) is 5.56. The van der Waals surface area contributed by atoms with E-state index < -0.39 is 0 Å². The predicted octanol–water partition coefficient (Wildman–Crippen LogP) is 3.15. The number of rotatable bonds is 0. The first-order chi connectivity index (χ1) is 4.74. The molecule has 1 nitrogen and oxygen atoms in total. The second-order valence-electron chi connectivity index (χ2n) is 2.05. The molecule has 0 spiro atoms. The molecule has 0 bridgehead atoms. The molecule has 0 fully saturated rings. The van der Waals surface area contributed by atoms with Crippen LogP contribution in [0.5, 0.6) is 0 Å². The highest BCUT2D eigenvalue weighted by Gasteiger charge is 1.93. The van der Waals surface area contributed by atoms with Gasteiger partial charge < -0.3 is 0 Å². The molecule has 0 aliphatic heterocycles. The minimum atomic E-state index is 0.720. The van der Waals surface area contributed by atoms with Crippen molar-refractivity contribution in [2.75, 3.05) is 0 Å². The lowest BCUT2D eigenvalue weighted by molar-refractivity contribution is 1.44. The molecule has 0 amide bonds. The molecule has 1 aromatic carbocycles. The molecular formula is C8H6IN. The van der Waals surface area contributed by atoms with Crippen LogP contribution in [0, 0.1) is 17.1 Å². The Balaban J connectivity index is 3.20. The molecule has 10 heavy (non-hydrogen) atoms. The average molecular weight is 243 g/mol. The summed E-state index contributed by atoms with van der Waals surface area (Å²) in [6.45, 7) is 8.74. The molecule has 0 aliphatic carbocycles. The van der Waals surface area contributed by atoms with Crippen molar-refractivity contribution in [2.24, 2.45) is 0 Å². The summed E-state index contributed by atoms with van der Waals surface area (Å²) in [5.74, 6) is 0. The van der Waals surface area contributed by atoms with Crippen LogP contribution in [0.2, 0.25) is 0 Å². The second-order valence-corrected chi connectivity index (χ2v) is 3.21. The van der Waals surface area contributed by atoms with Crippen molar-refractivity contribution < 1.29 is 0 Å². The number of hydrogen-bond donors (Lipinski definition) is 0. The molecule has 0 heterocycles. The Morgan fingerprint density at radius 2 is 2.20 bits per heavy atom. The smallest absolute Gasteiger partial charge is 0.187 e. The Hall–Kier alpha value is -0.560. The van der Waals surface area contributed by atoms with Crippen LogP contribution in [-0.4, -0.2) is 0 Å². The van der Waals surface area contributed by atoms with Crippen molar-refractivity contribution in [2.45, 2.75) is 6.92 Å². The van der Waals surface area contributed by atoms with Crippen LogP contribution in [0.3, 0.4) is 0 Å². The third-order valence-corrected chi connectivity index (χ3v) is 2.48. The normalized spacial score (nSPS) is 8.90. The van der Waals surface area contributed by atoms with Crippen LogP contribution in [0.15, 0.2) is 18.2 Å². The molecule has 0 saturated heterocycles. The lowest BCUT2D eigenvalue weighted by atomic mass is 10.2. The van der Waals surface area contributed by atoms with Gasteiger partial charge in [0.2, 0.25) is 0 Å². The molecule has 0 unspecified atom stereocenters. The van der Waals surface area contributed by atoms with Crippen molar-refractivity contribution in [1.29, 1.82) is 0 Å². The number of aryl methyl sites for hydroxylation is 1. The van der Waals surface area contributed by atoms with Crippen molar-refractivity contribution in [3.05, 3.63) is 38.7 Å². The van der Waals surface area contributed by atoms with Crippen LogP contribution in [0.1, 0.15) is 5.56 Å². The van der Waals surface area contributed by atoms with E-state index in [1.807, 2.05) is 25.1 Å². The summed E-state index contributed by atoms with van der Waals surface area (Å²) >= 11 is 2.25. The maximum atomic E-state index is 6.73. The third-order valence-electron chi connectivity index (χ3n) is 1.27. The fourth-order valence-electron chi connectivity index (χ4n) is 0.698. The van der Waals surface area contributed by atoms with Crippen LogP contribution < -0.4 is 0 Å². The van der Waals surface area contributed by atoms with Crippen LogP contribution >= 0.6 is 22.6 Å². The fraction of sp³-hybridized carbons (Fsp3) is 0.125. The third kappa shape index (κ3) is 1.48. The Bertz CT molecular complexity index is 286. The molecule has 0 atom stereocenters. The van der Waals surface area contributed by atoms with Gasteiger partial charge in [-0.25, -0.2) is 4.85 Å². The summed E-state index contributed by atoms with van der Waals surface area (Å²) < 4.78 is 1.21. The van der Waals surface area contributed by atoms with Crippen molar-refractivity contribution in [3.63, 3.8) is 0 Å². The second kappa shape index (κ2) is 3.02. The highest BCUT2D eigenvalue weighted by atomic mass is 127. The molecule has 0 aromatic heterocycles. The van der Waals surface area contributed by atoms with E-state index in [1.165, 1.54) is 9.13 Å². The predicted molar refractivity (Wildman–Crippen MR) is 50.2 cm³/mol. The van der Waals surface area contributed by atoms with Crippen LogP contribution in [-0.2, 0) is 0 Å². The summed E-state index contributed by atoms with van der Waals surface area (Å²) in [7, 11) is 0. The van der Waals surface area contributed by atoms with E-state index in [-0.39, 0.29) is 0 Å². The maximum Gasteiger partial charge on any atom is 0.187 e. The zero-order chi connectivity index (χ0) is 7.56. The topological polar surface area (TPSA) is 4.36 Å². The molecule has 1 aromatic rings. The average Bonchev–Trinajstić information content (AvgIpc) is 1.95. The van der Waals surface area contributed by atoms with E-state index in [2.05, 4.69) is 27.4 Å². The molecule has 0 aliphatic rings. The van der Waals surface area contributed by atoms with Gasteiger partial charge in [0, 0.05) is 3.57 Å². The van der Waals surface area contributed by atoms with Gasteiger partial charge in [-0.2, -0.15) is 0 Å². The Morgan fingerprint density at radius 1 is 1.50 bits per heavy atom. The lowest BCUT2D eigenvalue weighted by Crippen LogP contribution is -1.75. The SMILES string of the molecule is [C-]#[N+]c1ccc(I)c(C)c1. The highest BCUT2D eigenvalue weighted by Crippen LogP contribution is 2.18. The maximum absolute atomic E-state index is 6.73. The standard InChI is InChI=1S/C8H6IN/c1-6-5-7(10-2)3-4-8(6)9/h3-5H,1H3. The lowest BCUT2D eigenvalue weighted by Gasteiger charge is -1.95. The molecule has 0 radical (unpaired) electrons. The van der Waals surface area contributed by atoms with Gasteiger partial charge in [0.05, 0.1) is 6.57 Å². The number of halogens is 1. The van der Waals surface area contributed by atoms with Gasteiger partial charge in [0.25, 0.3) is 0 Å².